The highest BCUT2D eigenvalue weighted by molar-refractivity contribution is 7.45. The van der Waals surface area contributed by atoms with Gasteiger partial charge >= 0.3 is 0 Å². The molecular weight excluding hydrogens is 695 g/mol. The number of unbranched alkanes of at least 4 members (excludes halogenated alkanes) is 17. The Kier molecular flexibility index (Phi) is 35.6. The number of aliphatic hydroxyl groups excluding tert-OH is 1. The van der Waals surface area contributed by atoms with Gasteiger partial charge in [0, 0.05) is 6.42 Å². The van der Waals surface area contributed by atoms with E-state index in [-0.39, 0.29) is 12.5 Å². The number of hydrogen-bond acceptors (Lipinski definition) is 6. The molecule has 3 unspecified atom stereocenters. The Bertz CT molecular complexity index is 1060. The van der Waals surface area contributed by atoms with Gasteiger partial charge in [-0.1, -0.05) is 152 Å². The lowest BCUT2D eigenvalue weighted by Crippen LogP contribution is -2.45. The summed E-state index contributed by atoms with van der Waals surface area (Å²) >= 11 is 0. The molecule has 1 amide bonds. The zero-order valence-corrected chi connectivity index (χ0v) is 36.3. The summed E-state index contributed by atoms with van der Waals surface area (Å²) in [6, 6.07) is -0.910. The third-order valence-corrected chi connectivity index (χ3v) is 10.2. The standard InChI is InChI=1S/C45H83N2O6P/c1-6-8-10-12-14-16-18-19-20-21-22-23-24-25-26-27-29-31-33-35-37-39-45(49)46-43(42-53-54(50,51)52-41-40-47(3,4)5)44(48)38-36-34-32-30-28-17-15-13-11-9-7-2/h18-19,21-22,24-25,28,30,36,38,43-44,48H,6-17,20,23,26-27,29,31-35,37,39-42H2,1-5H3,(H-,46,49,50,51)/b19-18-,22-21-,25-24-,30-28+,38-36+. The van der Waals surface area contributed by atoms with Crippen LogP contribution in [0, 0.1) is 0 Å². The summed E-state index contributed by atoms with van der Waals surface area (Å²) in [5.74, 6) is -0.224. The third-order valence-electron chi connectivity index (χ3n) is 9.20. The van der Waals surface area contributed by atoms with Crippen LogP contribution in [0.5, 0.6) is 0 Å². The van der Waals surface area contributed by atoms with Crippen molar-refractivity contribution in [3.05, 3.63) is 60.8 Å². The number of hydrogen-bond donors (Lipinski definition) is 2. The number of phosphoric acid groups is 1. The third kappa shape index (κ3) is 38.5. The van der Waals surface area contributed by atoms with Crippen molar-refractivity contribution < 1.29 is 32.9 Å². The van der Waals surface area contributed by atoms with Crippen LogP contribution in [0.15, 0.2) is 60.8 Å². The number of aliphatic hydroxyl groups is 1. The maximum absolute atomic E-state index is 12.8. The van der Waals surface area contributed by atoms with Crippen LogP contribution in [-0.4, -0.2) is 68.5 Å². The van der Waals surface area contributed by atoms with Gasteiger partial charge in [-0.05, 0) is 70.6 Å². The van der Waals surface area contributed by atoms with Crippen molar-refractivity contribution in [1.82, 2.24) is 5.32 Å². The highest BCUT2D eigenvalue weighted by atomic mass is 31.2. The number of allylic oxidation sites excluding steroid dienone is 9. The van der Waals surface area contributed by atoms with Crippen LogP contribution >= 0.6 is 7.82 Å². The molecule has 0 aliphatic heterocycles. The molecule has 314 valence electrons. The van der Waals surface area contributed by atoms with E-state index in [2.05, 4.69) is 67.8 Å². The van der Waals surface area contributed by atoms with Crippen molar-refractivity contribution in [3.8, 4) is 0 Å². The molecule has 0 aromatic carbocycles. The van der Waals surface area contributed by atoms with Gasteiger partial charge in [-0.25, -0.2) is 0 Å². The Morgan fingerprint density at radius 2 is 1.09 bits per heavy atom. The van der Waals surface area contributed by atoms with Crippen LogP contribution in [0.3, 0.4) is 0 Å². The summed E-state index contributed by atoms with van der Waals surface area (Å²) in [5, 5.41) is 13.7. The molecule has 0 aliphatic rings. The minimum absolute atomic E-state index is 0.0119. The van der Waals surface area contributed by atoms with E-state index in [9.17, 15) is 19.4 Å². The van der Waals surface area contributed by atoms with E-state index in [1.807, 2.05) is 27.2 Å². The number of nitrogens with zero attached hydrogens (tertiary/aromatic N) is 1. The maximum Gasteiger partial charge on any atom is 0.268 e. The van der Waals surface area contributed by atoms with Crippen LogP contribution in [0.25, 0.3) is 0 Å². The molecule has 0 saturated heterocycles. The second-order valence-corrected chi connectivity index (χ2v) is 17.1. The number of carbonyl (C=O) groups is 1. The van der Waals surface area contributed by atoms with Gasteiger partial charge in [0.25, 0.3) is 7.82 Å². The first-order valence-corrected chi connectivity index (χ1v) is 23.1. The smallest absolute Gasteiger partial charge is 0.268 e. The van der Waals surface area contributed by atoms with Crippen LogP contribution in [0.4, 0.5) is 0 Å². The monoisotopic (exact) mass is 779 g/mol. The first kappa shape index (κ1) is 52.2. The van der Waals surface area contributed by atoms with E-state index < -0.39 is 26.6 Å². The second-order valence-electron chi connectivity index (χ2n) is 15.7. The van der Waals surface area contributed by atoms with Gasteiger partial charge in [0.05, 0.1) is 39.9 Å². The largest absolute Gasteiger partial charge is 0.756 e. The van der Waals surface area contributed by atoms with E-state index in [0.717, 1.165) is 64.2 Å². The summed E-state index contributed by atoms with van der Waals surface area (Å²) in [6.07, 6.45) is 47.0. The summed E-state index contributed by atoms with van der Waals surface area (Å²) in [5.41, 5.74) is 0. The SMILES string of the molecule is CCCCCCC/C=C\C/C=C\C/C=C\CCCCCCCCC(=O)NC(COP(=O)([O-])OCC[N+](C)(C)C)C(O)/C=C/CC/C=C/CCCCCCC. The molecule has 8 nitrogen and oxygen atoms in total. The zero-order valence-electron chi connectivity index (χ0n) is 35.4. The fourth-order valence-electron chi connectivity index (χ4n) is 5.70. The van der Waals surface area contributed by atoms with E-state index in [1.165, 1.54) is 83.5 Å². The molecule has 0 radical (unpaired) electrons. The van der Waals surface area contributed by atoms with E-state index >= 15 is 0 Å². The van der Waals surface area contributed by atoms with Crippen molar-refractivity contribution >= 4 is 13.7 Å². The van der Waals surface area contributed by atoms with Gasteiger partial charge < -0.3 is 28.8 Å². The summed E-state index contributed by atoms with van der Waals surface area (Å²) in [6.45, 7) is 4.55. The molecule has 0 aliphatic carbocycles. The van der Waals surface area contributed by atoms with Crippen LogP contribution in [0.2, 0.25) is 0 Å². The quantitative estimate of drug-likeness (QED) is 0.0280. The topological polar surface area (TPSA) is 108 Å². The van der Waals surface area contributed by atoms with Crippen molar-refractivity contribution in [2.24, 2.45) is 0 Å². The van der Waals surface area contributed by atoms with E-state index in [0.29, 0.717) is 17.4 Å². The normalized spacial score (nSPS) is 15.0. The number of carbonyl (C=O) groups excluding carboxylic acids is 1. The van der Waals surface area contributed by atoms with Crippen LogP contribution < -0.4 is 10.2 Å². The lowest BCUT2D eigenvalue weighted by molar-refractivity contribution is -0.870. The fraction of sp³-hybridized carbons (Fsp3) is 0.756. The first-order chi connectivity index (χ1) is 26.0. The number of rotatable bonds is 38. The van der Waals surface area contributed by atoms with E-state index in [4.69, 9.17) is 9.05 Å². The van der Waals surface area contributed by atoms with Crippen molar-refractivity contribution in [3.63, 3.8) is 0 Å². The summed E-state index contributed by atoms with van der Waals surface area (Å²) in [7, 11) is 1.22. The summed E-state index contributed by atoms with van der Waals surface area (Å²) in [4.78, 5) is 25.2. The minimum atomic E-state index is -4.60. The number of amides is 1. The Balaban J connectivity index is 4.43. The Morgan fingerprint density at radius 3 is 1.63 bits per heavy atom. The second kappa shape index (κ2) is 36.8. The Hall–Kier alpha value is -1.80. The Labute approximate surface area is 332 Å². The highest BCUT2D eigenvalue weighted by Gasteiger charge is 2.23. The molecule has 0 spiro atoms. The average Bonchev–Trinajstić information content (AvgIpc) is 3.12. The number of nitrogens with one attached hydrogen (secondary N) is 1. The lowest BCUT2D eigenvalue weighted by atomic mass is 10.1. The predicted octanol–water partition coefficient (Wildman–Crippen LogP) is 11.2. The molecule has 0 aromatic heterocycles. The molecular formula is C45H83N2O6P. The molecule has 0 saturated carbocycles. The van der Waals surface area contributed by atoms with Gasteiger partial charge in [0.1, 0.15) is 13.2 Å². The number of quaternary nitrogens is 1. The molecule has 0 aromatic rings. The molecule has 3 atom stereocenters. The molecule has 54 heavy (non-hydrogen) atoms. The van der Waals surface area contributed by atoms with Crippen molar-refractivity contribution in [1.29, 1.82) is 0 Å². The minimum Gasteiger partial charge on any atom is -0.756 e. The van der Waals surface area contributed by atoms with Gasteiger partial charge in [0.15, 0.2) is 0 Å². The molecule has 0 fully saturated rings. The number of likely N-dealkylation sites (N-methyl/N-ethyl adjacent to an activating group) is 1. The summed E-state index contributed by atoms with van der Waals surface area (Å²) < 4.78 is 23.1. The van der Waals surface area contributed by atoms with Crippen molar-refractivity contribution in [2.75, 3.05) is 40.9 Å². The zero-order chi connectivity index (χ0) is 40.0. The maximum atomic E-state index is 12.8. The first-order valence-electron chi connectivity index (χ1n) is 21.7. The molecule has 0 rings (SSSR count). The predicted molar refractivity (Wildman–Crippen MR) is 228 cm³/mol. The molecule has 9 heteroatoms. The van der Waals surface area contributed by atoms with Crippen LogP contribution in [0.1, 0.15) is 168 Å². The molecule has 0 heterocycles. The van der Waals surface area contributed by atoms with Crippen molar-refractivity contribution in [2.45, 2.75) is 180 Å². The van der Waals surface area contributed by atoms with Crippen LogP contribution in [-0.2, 0) is 18.4 Å². The molecule has 2 N–H and O–H groups in total. The van der Waals surface area contributed by atoms with E-state index in [1.54, 1.807) is 6.08 Å². The average molecular weight is 779 g/mol. The van der Waals surface area contributed by atoms with Gasteiger partial charge in [-0.2, -0.15) is 0 Å². The lowest BCUT2D eigenvalue weighted by Gasteiger charge is -2.29. The van der Waals surface area contributed by atoms with Gasteiger partial charge in [0.2, 0.25) is 5.91 Å². The highest BCUT2D eigenvalue weighted by Crippen LogP contribution is 2.38. The molecule has 0 bridgehead atoms. The van der Waals surface area contributed by atoms with Gasteiger partial charge in [-0.15, -0.1) is 0 Å². The van der Waals surface area contributed by atoms with Gasteiger partial charge in [-0.3, -0.25) is 9.36 Å². The fourth-order valence-corrected chi connectivity index (χ4v) is 6.42. The Morgan fingerprint density at radius 1 is 0.648 bits per heavy atom. The number of phosphoric ester groups is 1.